The fraction of sp³-hybridized carbons (Fsp3) is 0.360. The third-order valence-electron chi connectivity index (χ3n) is 6.39. The Morgan fingerprint density at radius 1 is 1.18 bits per heavy atom. The van der Waals surface area contributed by atoms with Crippen LogP contribution in [0.2, 0.25) is 0 Å². The summed E-state index contributed by atoms with van der Waals surface area (Å²) in [6, 6.07) is 10.0. The van der Waals surface area contributed by atoms with Crippen LogP contribution in [-0.2, 0) is 11.2 Å². The van der Waals surface area contributed by atoms with Gasteiger partial charge in [0.25, 0.3) is 5.56 Å². The molecule has 0 aliphatic carbocycles. The molecule has 5 rings (SSSR count). The van der Waals surface area contributed by atoms with Crippen molar-refractivity contribution in [2.45, 2.75) is 32.2 Å². The second-order valence-electron chi connectivity index (χ2n) is 8.98. The highest BCUT2D eigenvalue weighted by Crippen LogP contribution is 2.25. The molecule has 0 unspecified atom stereocenters. The molecule has 0 radical (unpaired) electrons. The summed E-state index contributed by atoms with van der Waals surface area (Å²) in [7, 11) is 3.50. The quantitative estimate of drug-likeness (QED) is 0.523. The monoisotopic (exact) mass is 444 g/mol. The Labute approximate surface area is 191 Å². The zero-order valence-electron chi connectivity index (χ0n) is 19.2. The summed E-state index contributed by atoms with van der Waals surface area (Å²) in [5.41, 5.74) is 4.05. The molecule has 0 atom stereocenters. The third-order valence-corrected chi connectivity index (χ3v) is 6.39. The number of carbonyl (C=O) groups excluding carboxylic acids is 1. The number of aryl methyl sites for hydroxylation is 1. The Balaban J connectivity index is 1.57. The third kappa shape index (κ3) is 4.02. The van der Waals surface area contributed by atoms with Crippen molar-refractivity contribution in [2.75, 3.05) is 27.2 Å². The first kappa shape index (κ1) is 21.3. The van der Waals surface area contributed by atoms with E-state index in [-0.39, 0.29) is 23.9 Å². The number of rotatable bonds is 4. The van der Waals surface area contributed by atoms with Crippen LogP contribution in [-0.4, -0.2) is 57.2 Å². The lowest BCUT2D eigenvalue weighted by atomic mass is 10.0. The number of aromatic nitrogens is 4. The first-order chi connectivity index (χ1) is 15.9. The first-order valence-corrected chi connectivity index (χ1v) is 11.3. The summed E-state index contributed by atoms with van der Waals surface area (Å²) >= 11 is 0. The van der Waals surface area contributed by atoms with E-state index in [1.807, 2.05) is 54.2 Å². The summed E-state index contributed by atoms with van der Waals surface area (Å²) in [5.74, 6) is 0.00618. The van der Waals surface area contributed by atoms with E-state index in [4.69, 9.17) is 5.10 Å². The normalized spacial score (nSPS) is 14.8. The van der Waals surface area contributed by atoms with Crippen LogP contribution in [0.15, 0.2) is 47.5 Å². The average molecular weight is 445 g/mol. The van der Waals surface area contributed by atoms with Crippen molar-refractivity contribution >= 4 is 22.3 Å². The van der Waals surface area contributed by atoms with E-state index in [2.05, 4.69) is 10.3 Å². The van der Waals surface area contributed by atoms with Crippen LogP contribution < -0.4 is 10.9 Å². The number of benzene rings is 1. The van der Waals surface area contributed by atoms with Gasteiger partial charge in [-0.3, -0.25) is 9.59 Å². The molecule has 4 aromatic rings. The second kappa shape index (κ2) is 8.44. The predicted molar refractivity (Wildman–Crippen MR) is 128 cm³/mol. The molecule has 1 N–H and O–H groups in total. The molecule has 1 aliphatic rings. The number of amides is 1. The van der Waals surface area contributed by atoms with Crippen LogP contribution in [0.3, 0.4) is 0 Å². The molecule has 1 fully saturated rings. The zero-order valence-corrected chi connectivity index (χ0v) is 19.2. The number of nitrogens with one attached hydrogen (secondary N) is 1. The maximum atomic E-state index is 13.2. The van der Waals surface area contributed by atoms with Gasteiger partial charge < -0.3 is 14.8 Å². The highest BCUT2D eigenvalue weighted by molar-refractivity contribution is 5.86. The van der Waals surface area contributed by atoms with Gasteiger partial charge in [0.1, 0.15) is 0 Å². The lowest BCUT2D eigenvalue weighted by Crippen LogP contribution is -2.34. The van der Waals surface area contributed by atoms with Gasteiger partial charge in [-0.25, -0.2) is 9.50 Å². The molecular formula is C25H28N6O2. The summed E-state index contributed by atoms with van der Waals surface area (Å²) in [6.07, 6.45) is 5.96. The number of pyridine rings is 1. The number of hydrogen-bond acceptors (Lipinski definition) is 5. The lowest BCUT2D eigenvalue weighted by molar-refractivity contribution is -0.127. The Morgan fingerprint density at radius 3 is 2.73 bits per heavy atom. The smallest absolute Gasteiger partial charge is 0.258 e. The molecule has 8 nitrogen and oxygen atoms in total. The van der Waals surface area contributed by atoms with Gasteiger partial charge in [-0.2, -0.15) is 5.10 Å². The van der Waals surface area contributed by atoms with Gasteiger partial charge in [-0.1, -0.05) is 6.07 Å². The SMILES string of the molecule is Cc1cn2nc(-c3ccc4c(=O)n(C5CCNCC5)ccc4c3)cc(CC(=O)N(C)C)c2n1. The Hall–Kier alpha value is -3.52. The van der Waals surface area contributed by atoms with Gasteiger partial charge in [0, 0.05) is 42.8 Å². The van der Waals surface area contributed by atoms with Crippen LogP contribution in [0.5, 0.6) is 0 Å². The number of likely N-dealkylation sites (N-methyl/N-ethyl adjacent to an activating group) is 1. The highest BCUT2D eigenvalue weighted by Gasteiger charge is 2.18. The van der Waals surface area contributed by atoms with Crippen LogP contribution in [0.4, 0.5) is 0 Å². The number of imidazole rings is 1. The maximum absolute atomic E-state index is 13.2. The number of hydrogen-bond donors (Lipinski definition) is 1. The fourth-order valence-electron chi connectivity index (χ4n) is 4.54. The topological polar surface area (TPSA) is 84.5 Å². The van der Waals surface area contributed by atoms with Crippen LogP contribution in [0, 0.1) is 6.92 Å². The standard InChI is InChI=1S/C25H28N6O2/c1-16-15-31-24(27-16)19(14-23(32)29(2)3)13-22(28-31)18-4-5-21-17(12-18)8-11-30(25(21)33)20-6-9-26-10-7-20/h4-5,8,11-13,15,20,26H,6-7,9-10,14H2,1-3H3. The molecule has 33 heavy (non-hydrogen) atoms. The average Bonchev–Trinajstić information content (AvgIpc) is 3.20. The van der Waals surface area contributed by atoms with E-state index >= 15 is 0 Å². The molecule has 4 heterocycles. The van der Waals surface area contributed by atoms with E-state index in [1.54, 1.807) is 23.5 Å². The van der Waals surface area contributed by atoms with Crippen molar-refractivity contribution in [3.63, 3.8) is 0 Å². The molecular weight excluding hydrogens is 416 g/mol. The Kier molecular flexibility index (Phi) is 5.46. The second-order valence-corrected chi connectivity index (χ2v) is 8.98. The first-order valence-electron chi connectivity index (χ1n) is 11.3. The molecule has 170 valence electrons. The maximum Gasteiger partial charge on any atom is 0.258 e. The number of nitrogens with zero attached hydrogens (tertiary/aromatic N) is 5. The van der Waals surface area contributed by atoms with Crippen molar-refractivity contribution in [1.82, 2.24) is 29.4 Å². The molecule has 0 bridgehead atoms. The van der Waals surface area contributed by atoms with Crippen molar-refractivity contribution in [1.29, 1.82) is 0 Å². The number of piperidine rings is 1. The summed E-state index contributed by atoms with van der Waals surface area (Å²) in [6.45, 7) is 3.79. The summed E-state index contributed by atoms with van der Waals surface area (Å²) in [4.78, 5) is 31.7. The molecule has 3 aromatic heterocycles. The summed E-state index contributed by atoms with van der Waals surface area (Å²) < 4.78 is 3.62. The van der Waals surface area contributed by atoms with E-state index < -0.39 is 0 Å². The minimum atomic E-state index is 0.00618. The zero-order chi connectivity index (χ0) is 23.1. The van der Waals surface area contributed by atoms with Gasteiger partial charge in [0.15, 0.2) is 5.65 Å². The van der Waals surface area contributed by atoms with Crippen LogP contribution >= 0.6 is 0 Å². The predicted octanol–water partition coefficient (Wildman–Crippen LogP) is 2.57. The van der Waals surface area contributed by atoms with E-state index in [0.717, 1.165) is 53.8 Å². The van der Waals surface area contributed by atoms with Gasteiger partial charge in [-0.05, 0) is 62.5 Å². The minimum absolute atomic E-state index is 0.00618. The van der Waals surface area contributed by atoms with Gasteiger partial charge in [-0.15, -0.1) is 0 Å². The van der Waals surface area contributed by atoms with E-state index in [0.29, 0.717) is 11.0 Å². The molecule has 8 heteroatoms. The van der Waals surface area contributed by atoms with Gasteiger partial charge in [0.2, 0.25) is 5.91 Å². The van der Waals surface area contributed by atoms with Crippen molar-refractivity contribution in [2.24, 2.45) is 0 Å². The number of carbonyl (C=O) groups is 1. The van der Waals surface area contributed by atoms with Gasteiger partial charge >= 0.3 is 0 Å². The Morgan fingerprint density at radius 2 is 1.97 bits per heavy atom. The Bertz CT molecular complexity index is 1410. The van der Waals surface area contributed by atoms with E-state index in [1.165, 1.54) is 0 Å². The van der Waals surface area contributed by atoms with E-state index in [9.17, 15) is 9.59 Å². The fourth-order valence-corrected chi connectivity index (χ4v) is 4.54. The molecule has 1 aromatic carbocycles. The lowest BCUT2D eigenvalue weighted by Gasteiger charge is -2.25. The van der Waals surface area contributed by atoms with Crippen LogP contribution in [0.25, 0.3) is 27.7 Å². The molecule has 0 spiro atoms. The largest absolute Gasteiger partial charge is 0.349 e. The molecule has 1 saturated heterocycles. The van der Waals surface area contributed by atoms with Crippen molar-refractivity contribution < 1.29 is 4.79 Å². The highest BCUT2D eigenvalue weighted by atomic mass is 16.2. The van der Waals surface area contributed by atoms with Crippen molar-refractivity contribution in [3.05, 3.63) is 64.3 Å². The minimum Gasteiger partial charge on any atom is -0.349 e. The van der Waals surface area contributed by atoms with Crippen LogP contribution in [0.1, 0.15) is 30.1 Å². The summed E-state index contributed by atoms with van der Waals surface area (Å²) in [5, 5.41) is 9.69. The number of fused-ring (bicyclic) bond motifs is 2. The molecule has 1 aliphatic heterocycles. The van der Waals surface area contributed by atoms with Crippen molar-refractivity contribution in [3.8, 4) is 11.3 Å². The van der Waals surface area contributed by atoms with Gasteiger partial charge in [0.05, 0.1) is 24.0 Å². The molecule has 0 saturated carbocycles. The molecule has 1 amide bonds.